The Morgan fingerprint density at radius 3 is 2.42 bits per heavy atom. The van der Waals surface area contributed by atoms with E-state index in [0.29, 0.717) is 17.5 Å². The number of aromatic nitrogens is 2. The molecule has 1 amide bonds. The molecule has 0 saturated carbocycles. The average molecular weight is 339 g/mol. The van der Waals surface area contributed by atoms with Crippen LogP contribution in [0, 0.1) is 0 Å². The maximum absolute atomic E-state index is 12.0. The normalized spacial score (nSPS) is 10.5. The van der Waals surface area contributed by atoms with Gasteiger partial charge in [-0.05, 0) is 23.3 Å². The Kier molecular flexibility index (Phi) is 5.28. The number of thioether (sulfide) groups is 1. The highest BCUT2D eigenvalue weighted by Crippen LogP contribution is 2.21. The molecule has 122 valence electrons. The highest BCUT2D eigenvalue weighted by atomic mass is 32.2. The predicted molar refractivity (Wildman–Crippen MR) is 94.9 cm³/mol. The average Bonchev–Trinajstić information content (AvgIpc) is 3.10. The number of carbonyl (C=O) groups excluding carboxylic acids is 1. The molecular formula is C18H17N3O2S. The third-order valence-corrected chi connectivity index (χ3v) is 4.17. The van der Waals surface area contributed by atoms with E-state index in [1.807, 2.05) is 49.4 Å². The van der Waals surface area contributed by atoms with Crippen LogP contribution in [0.4, 0.5) is 5.69 Å². The van der Waals surface area contributed by atoms with Gasteiger partial charge in [0.2, 0.25) is 11.8 Å². The molecule has 0 fully saturated rings. The first-order valence-corrected chi connectivity index (χ1v) is 8.63. The van der Waals surface area contributed by atoms with Crippen LogP contribution < -0.4 is 5.32 Å². The van der Waals surface area contributed by atoms with E-state index >= 15 is 0 Å². The van der Waals surface area contributed by atoms with Crippen molar-refractivity contribution in [2.75, 3.05) is 11.1 Å². The van der Waals surface area contributed by atoms with Crippen molar-refractivity contribution in [2.45, 2.75) is 18.6 Å². The molecule has 3 aromatic rings. The molecule has 3 rings (SSSR count). The zero-order valence-corrected chi connectivity index (χ0v) is 14.0. The number of carbonyl (C=O) groups is 1. The number of nitrogens with one attached hydrogen (secondary N) is 1. The molecular weight excluding hydrogens is 322 g/mol. The van der Waals surface area contributed by atoms with E-state index < -0.39 is 0 Å². The monoisotopic (exact) mass is 339 g/mol. The summed E-state index contributed by atoms with van der Waals surface area (Å²) in [5.74, 6) is 0.698. The summed E-state index contributed by atoms with van der Waals surface area (Å²) in [6, 6.07) is 17.9. The summed E-state index contributed by atoms with van der Waals surface area (Å²) >= 11 is 1.23. The summed E-state index contributed by atoms with van der Waals surface area (Å²) in [6.07, 6.45) is 0.688. The second-order valence-corrected chi connectivity index (χ2v) is 6.02. The Morgan fingerprint density at radius 1 is 1.04 bits per heavy atom. The first-order valence-electron chi connectivity index (χ1n) is 7.65. The first-order chi connectivity index (χ1) is 11.7. The standard InChI is InChI=1S/C18H17N3O2S/c1-2-17-20-21-18(23-17)24-12-16(22)19-15-10-8-14(9-11-15)13-6-4-3-5-7-13/h3-11H,2,12H2,1H3,(H,19,22). The van der Waals surface area contributed by atoms with Crippen LogP contribution in [0.2, 0.25) is 0 Å². The van der Waals surface area contributed by atoms with Gasteiger partial charge in [-0.1, -0.05) is 61.2 Å². The molecule has 0 atom stereocenters. The van der Waals surface area contributed by atoms with E-state index in [4.69, 9.17) is 4.42 Å². The van der Waals surface area contributed by atoms with E-state index in [1.165, 1.54) is 11.8 Å². The number of nitrogens with zero attached hydrogens (tertiary/aromatic N) is 2. The van der Waals surface area contributed by atoms with Crippen molar-refractivity contribution in [2.24, 2.45) is 0 Å². The number of aryl methyl sites for hydroxylation is 1. The Labute approximate surface area is 144 Å². The summed E-state index contributed by atoms with van der Waals surface area (Å²) in [5, 5.41) is 11.0. The van der Waals surface area contributed by atoms with Gasteiger partial charge in [0.25, 0.3) is 5.22 Å². The smallest absolute Gasteiger partial charge is 0.277 e. The SMILES string of the molecule is CCc1nnc(SCC(=O)Nc2ccc(-c3ccccc3)cc2)o1. The van der Waals surface area contributed by atoms with Gasteiger partial charge in [-0.15, -0.1) is 10.2 Å². The van der Waals surface area contributed by atoms with Gasteiger partial charge in [0.1, 0.15) is 0 Å². The van der Waals surface area contributed by atoms with Crippen molar-refractivity contribution in [1.29, 1.82) is 0 Å². The van der Waals surface area contributed by atoms with Crippen LogP contribution in [-0.4, -0.2) is 21.9 Å². The van der Waals surface area contributed by atoms with E-state index in [9.17, 15) is 4.79 Å². The van der Waals surface area contributed by atoms with Crippen LogP contribution in [0.3, 0.4) is 0 Å². The maximum atomic E-state index is 12.0. The summed E-state index contributed by atoms with van der Waals surface area (Å²) in [4.78, 5) is 12.0. The van der Waals surface area contributed by atoms with Crippen molar-refractivity contribution in [3.8, 4) is 11.1 Å². The van der Waals surface area contributed by atoms with Crippen LogP contribution >= 0.6 is 11.8 Å². The molecule has 0 unspecified atom stereocenters. The summed E-state index contributed by atoms with van der Waals surface area (Å²) in [7, 11) is 0. The topological polar surface area (TPSA) is 68.0 Å². The summed E-state index contributed by atoms with van der Waals surface area (Å²) in [5.41, 5.74) is 3.02. The van der Waals surface area contributed by atoms with Gasteiger partial charge in [-0.3, -0.25) is 4.79 Å². The number of amides is 1. The van der Waals surface area contributed by atoms with E-state index in [0.717, 1.165) is 16.8 Å². The molecule has 0 saturated heterocycles. The van der Waals surface area contributed by atoms with Crippen LogP contribution in [0.15, 0.2) is 64.2 Å². The third-order valence-electron chi connectivity index (χ3n) is 3.35. The fourth-order valence-electron chi connectivity index (χ4n) is 2.14. The number of hydrogen-bond donors (Lipinski definition) is 1. The largest absolute Gasteiger partial charge is 0.416 e. The van der Waals surface area contributed by atoms with Crippen molar-refractivity contribution >= 4 is 23.4 Å². The third kappa shape index (κ3) is 4.23. The lowest BCUT2D eigenvalue weighted by Gasteiger charge is -2.06. The zero-order chi connectivity index (χ0) is 16.8. The Hall–Kier alpha value is -2.60. The zero-order valence-electron chi connectivity index (χ0n) is 13.2. The molecule has 1 heterocycles. The molecule has 0 radical (unpaired) electrons. The molecule has 0 bridgehead atoms. The van der Waals surface area contributed by atoms with Gasteiger partial charge in [0.15, 0.2) is 0 Å². The number of anilines is 1. The molecule has 1 N–H and O–H groups in total. The van der Waals surface area contributed by atoms with Gasteiger partial charge in [-0.25, -0.2) is 0 Å². The molecule has 5 nitrogen and oxygen atoms in total. The van der Waals surface area contributed by atoms with Crippen molar-refractivity contribution in [1.82, 2.24) is 10.2 Å². The highest BCUT2D eigenvalue weighted by molar-refractivity contribution is 7.99. The predicted octanol–water partition coefficient (Wildman–Crippen LogP) is 4.03. The molecule has 2 aromatic carbocycles. The van der Waals surface area contributed by atoms with Crippen LogP contribution in [0.25, 0.3) is 11.1 Å². The fourth-order valence-corrected chi connectivity index (χ4v) is 2.72. The maximum Gasteiger partial charge on any atom is 0.277 e. The molecule has 24 heavy (non-hydrogen) atoms. The van der Waals surface area contributed by atoms with E-state index in [2.05, 4.69) is 27.6 Å². The molecule has 0 aliphatic heterocycles. The second-order valence-electron chi connectivity index (χ2n) is 5.10. The van der Waals surface area contributed by atoms with Crippen LogP contribution in [0.5, 0.6) is 0 Å². The van der Waals surface area contributed by atoms with Crippen molar-refractivity contribution in [3.05, 3.63) is 60.5 Å². The molecule has 1 aromatic heterocycles. The van der Waals surface area contributed by atoms with Crippen molar-refractivity contribution in [3.63, 3.8) is 0 Å². The fraction of sp³-hybridized carbons (Fsp3) is 0.167. The Morgan fingerprint density at radius 2 is 1.75 bits per heavy atom. The summed E-state index contributed by atoms with van der Waals surface area (Å²) in [6.45, 7) is 1.94. The number of benzene rings is 2. The lowest BCUT2D eigenvalue weighted by atomic mass is 10.1. The van der Waals surface area contributed by atoms with E-state index in [-0.39, 0.29) is 11.7 Å². The van der Waals surface area contributed by atoms with Gasteiger partial charge >= 0.3 is 0 Å². The summed E-state index contributed by atoms with van der Waals surface area (Å²) < 4.78 is 5.36. The van der Waals surface area contributed by atoms with Crippen LogP contribution in [0.1, 0.15) is 12.8 Å². The Balaban J connectivity index is 1.54. The Bertz CT molecular complexity index is 801. The second kappa shape index (κ2) is 7.79. The quantitative estimate of drug-likeness (QED) is 0.687. The van der Waals surface area contributed by atoms with E-state index in [1.54, 1.807) is 0 Å². The van der Waals surface area contributed by atoms with Gasteiger partial charge in [0, 0.05) is 12.1 Å². The lowest BCUT2D eigenvalue weighted by molar-refractivity contribution is -0.113. The minimum Gasteiger partial charge on any atom is -0.416 e. The number of hydrogen-bond acceptors (Lipinski definition) is 5. The van der Waals surface area contributed by atoms with Crippen molar-refractivity contribution < 1.29 is 9.21 Å². The minimum atomic E-state index is -0.108. The molecule has 6 heteroatoms. The van der Waals surface area contributed by atoms with Crippen LogP contribution in [-0.2, 0) is 11.2 Å². The molecule has 0 aliphatic rings. The van der Waals surface area contributed by atoms with Gasteiger partial charge in [-0.2, -0.15) is 0 Å². The highest BCUT2D eigenvalue weighted by Gasteiger charge is 2.09. The minimum absolute atomic E-state index is 0.108. The first kappa shape index (κ1) is 16.3. The molecule has 0 aliphatic carbocycles. The lowest BCUT2D eigenvalue weighted by Crippen LogP contribution is -2.13. The van der Waals surface area contributed by atoms with Gasteiger partial charge in [0.05, 0.1) is 5.75 Å². The molecule has 0 spiro atoms. The van der Waals surface area contributed by atoms with Gasteiger partial charge < -0.3 is 9.73 Å². The number of rotatable bonds is 6.